The van der Waals surface area contributed by atoms with Crippen LogP contribution in [0.1, 0.15) is 44.6 Å². The third kappa shape index (κ3) is 6.54. The van der Waals surface area contributed by atoms with Crippen molar-refractivity contribution in [3.8, 4) is 11.3 Å². The van der Waals surface area contributed by atoms with Crippen molar-refractivity contribution in [2.45, 2.75) is 52.6 Å². The molecule has 9 heteroatoms. The van der Waals surface area contributed by atoms with Crippen molar-refractivity contribution in [2.24, 2.45) is 4.99 Å². The van der Waals surface area contributed by atoms with Gasteiger partial charge in [0.05, 0.1) is 11.9 Å². The molecular weight excluding hydrogens is 414 g/mol. The summed E-state index contributed by atoms with van der Waals surface area (Å²) >= 11 is 0. The van der Waals surface area contributed by atoms with Crippen molar-refractivity contribution >= 4 is 16.0 Å². The Morgan fingerprint density at radius 3 is 2.58 bits per heavy atom. The van der Waals surface area contributed by atoms with E-state index in [2.05, 4.69) is 20.6 Å². The van der Waals surface area contributed by atoms with Gasteiger partial charge in [0, 0.05) is 31.2 Å². The maximum Gasteiger partial charge on any atom is 0.216 e. The molecule has 1 saturated heterocycles. The number of aryl methyl sites for hydroxylation is 1. The van der Waals surface area contributed by atoms with E-state index in [1.165, 1.54) is 5.56 Å². The molecule has 3 rings (SSSR count). The fourth-order valence-electron chi connectivity index (χ4n) is 3.56. The van der Waals surface area contributed by atoms with Crippen LogP contribution >= 0.6 is 0 Å². The fraction of sp³-hybridized carbons (Fsp3) is 0.545. The Morgan fingerprint density at radius 1 is 1.23 bits per heavy atom. The molecule has 0 radical (unpaired) electrons. The zero-order valence-electron chi connectivity index (χ0n) is 18.6. The fourth-order valence-corrected chi connectivity index (χ4v) is 5.10. The van der Waals surface area contributed by atoms with E-state index >= 15 is 0 Å². The van der Waals surface area contributed by atoms with Gasteiger partial charge in [0.15, 0.2) is 11.7 Å². The molecule has 31 heavy (non-hydrogen) atoms. The molecule has 0 aliphatic carbocycles. The third-order valence-electron chi connectivity index (χ3n) is 5.26. The molecule has 170 valence electrons. The molecule has 2 aromatic rings. The van der Waals surface area contributed by atoms with E-state index in [0.717, 1.165) is 30.7 Å². The first-order valence-electron chi connectivity index (χ1n) is 11.0. The Labute approximate surface area is 185 Å². The topological polar surface area (TPSA) is 99.8 Å². The average Bonchev–Trinajstić information content (AvgIpc) is 3.22. The summed E-state index contributed by atoms with van der Waals surface area (Å²) in [5.74, 6) is 2.18. The molecule has 0 amide bonds. The summed E-state index contributed by atoms with van der Waals surface area (Å²) in [5.41, 5.74) is 2.19. The molecule has 1 aromatic heterocycles. The van der Waals surface area contributed by atoms with Crippen LogP contribution in [0.3, 0.4) is 0 Å². The lowest BCUT2D eigenvalue weighted by molar-refractivity contribution is 0.306. The SMILES string of the molecule is CCCS(=O)(=O)N1CCC(NC(=NCc2ncc(-c3ccc(C)cc3)o2)NCC)CC1. The number of aliphatic imine (C=N–C) groups is 1. The molecule has 1 fully saturated rings. The maximum atomic E-state index is 12.2. The molecule has 1 aromatic carbocycles. The lowest BCUT2D eigenvalue weighted by Crippen LogP contribution is -2.50. The summed E-state index contributed by atoms with van der Waals surface area (Å²) in [6.45, 7) is 8.09. The lowest BCUT2D eigenvalue weighted by atomic mass is 10.1. The molecule has 1 aliphatic heterocycles. The van der Waals surface area contributed by atoms with Gasteiger partial charge in [-0.3, -0.25) is 0 Å². The molecule has 2 heterocycles. The highest BCUT2D eigenvalue weighted by Gasteiger charge is 2.27. The number of hydrogen-bond acceptors (Lipinski definition) is 5. The van der Waals surface area contributed by atoms with E-state index in [1.54, 1.807) is 10.5 Å². The number of nitrogens with one attached hydrogen (secondary N) is 2. The highest BCUT2D eigenvalue weighted by Crippen LogP contribution is 2.21. The minimum absolute atomic E-state index is 0.179. The highest BCUT2D eigenvalue weighted by molar-refractivity contribution is 7.89. The summed E-state index contributed by atoms with van der Waals surface area (Å²) in [6, 6.07) is 8.30. The van der Waals surface area contributed by atoms with E-state index in [9.17, 15) is 8.42 Å². The summed E-state index contributed by atoms with van der Waals surface area (Å²) < 4.78 is 32.0. The molecule has 2 N–H and O–H groups in total. The Kier molecular flexibility index (Phi) is 8.09. The minimum atomic E-state index is -3.13. The monoisotopic (exact) mass is 447 g/mol. The summed E-state index contributed by atoms with van der Waals surface area (Å²) in [6.07, 6.45) is 3.88. The number of nitrogens with zero attached hydrogens (tertiary/aromatic N) is 3. The van der Waals surface area contributed by atoms with Crippen LogP contribution in [0, 0.1) is 6.92 Å². The number of benzene rings is 1. The Balaban J connectivity index is 1.57. The van der Waals surface area contributed by atoms with Crippen LogP contribution in [0.15, 0.2) is 39.9 Å². The van der Waals surface area contributed by atoms with Crippen molar-refractivity contribution in [2.75, 3.05) is 25.4 Å². The number of hydrogen-bond donors (Lipinski definition) is 2. The van der Waals surface area contributed by atoms with Gasteiger partial charge >= 0.3 is 0 Å². The Bertz CT molecular complexity index is 961. The average molecular weight is 448 g/mol. The smallest absolute Gasteiger partial charge is 0.216 e. The number of aromatic nitrogens is 1. The van der Waals surface area contributed by atoms with Gasteiger partial charge < -0.3 is 15.1 Å². The van der Waals surface area contributed by atoms with Gasteiger partial charge in [-0.1, -0.05) is 36.8 Å². The summed E-state index contributed by atoms with van der Waals surface area (Å²) in [7, 11) is -3.13. The summed E-state index contributed by atoms with van der Waals surface area (Å²) in [4.78, 5) is 8.95. The Morgan fingerprint density at radius 2 is 1.94 bits per heavy atom. The molecule has 8 nitrogen and oxygen atoms in total. The minimum Gasteiger partial charge on any atom is -0.439 e. The van der Waals surface area contributed by atoms with Crippen molar-refractivity contribution in [3.05, 3.63) is 41.9 Å². The number of sulfonamides is 1. The van der Waals surface area contributed by atoms with Gasteiger partial charge in [-0.05, 0) is 33.1 Å². The van der Waals surface area contributed by atoms with Crippen molar-refractivity contribution in [1.82, 2.24) is 19.9 Å². The second-order valence-electron chi connectivity index (χ2n) is 7.81. The quantitative estimate of drug-likeness (QED) is 0.477. The predicted octanol–water partition coefficient (Wildman–Crippen LogP) is 2.91. The standard InChI is InChI=1S/C22H33N5O3S/c1-4-14-31(28,29)27-12-10-19(11-13-27)26-22(23-5-2)25-16-21-24-15-20(30-21)18-8-6-17(3)7-9-18/h6-9,15,19H,4-5,10-14,16H2,1-3H3,(H2,23,25,26). The number of rotatable bonds is 8. The van der Waals surface area contributed by atoms with Crippen molar-refractivity contribution in [1.29, 1.82) is 0 Å². The van der Waals surface area contributed by atoms with E-state index in [0.29, 0.717) is 37.9 Å². The van der Waals surface area contributed by atoms with Gasteiger partial charge in [-0.2, -0.15) is 0 Å². The first-order chi connectivity index (χ1) is 14.9. The normalized spacial score (nSPS) is 16.4. The molecular formula is C22H33N5O3S. The first-order valence-corrected chi connectivity index (χ1v) is 12.6. The second-order valence-corrected chi connectivity index (χ2v) is 9.90. The van der Waals surface area contributed by atoms with Crippen LogP contribution in [-0.4, -0.2) is 55.1 Å². The van der Waals surface area contributed by atoms with Crippen LogP contribution < -0.4 is 10.6 Å². The van der Waals surface area contributed by atoms with Gasteiger partial charge in [0.25, 0.3) is 0 Å². The van der Waals surface area contributed by atoms with E-state index < -0.39 is 10.0 Å². The largest absolute Gasteiger partial charge is 0.439 e. The Hall–Kier alpha value is -2.39. The zero-order valence-corrected chi connectivity index (χ0v) is 19.4. The maximum absolute atomic E-state index is 12.2. The first kappa shape index (κ1) is 23.3. The zero-order chi connectivity index (χ0) is 22.3. The van der Waals surface area contributed by atoms with Gasteiger partial charge in [0.2, 0.25) is 15.9 Å². The van der Waals surface area contributed by atoms with Gasteiger partial charge in [-0.15, -0.1) is 0 Å². The van der Waals surface area contributed by atoms with Gasteiger partial charge in [0.1, 0.15) is 6.54 Å². The molecule has 0 saturated carbocycles. The van der Waals surface area contributed by atoms with Crippen molar-refractivity contribution < 1.29 is 12.8 Å². The molecule has 0 unspecified atom stereocenters. The number of guanidine groups is 1. The van der Waals surface area contributed by atoms with Crippen molar-refractivity contribution in [3.63, 3.8) is 0 Å². The number of piperidine rings is 1. The van der Waals surface area contributed by atoms with E-state index in [1.807, 2.05) is 45.0 Å². The third-order valence-corrected chi connectivity index (χ3v) is 7.33. The number of oxazole rings is 1. The second kappa shape index (κ2) is 10.8. The molecule has 0 atom stereocenters. The van der Waals surface area contributed by atoms with E-state index in [-0.39, 0.29) is 11.8 Å². The van der Waals surface area contributed by atoms with E-state index in [4.69, 9.17) is 4.42 Å². The van der Waals surface area contributed by atoms with Crippen LogP contribution in [0.5, 0.6) is 0 Å². The predicted molar refractivity (Wildman–Crippen MR) is 123 cm³/mol. The lowest BCUT2D eigenvalue weighted by Gasteiger charge is -2.32. The van der Waals surface area contributed by atoms with Crippen LogP contribution in [-0.2, 0) is 16.6 Å². The molecule has 0 bridgehead atoms. The van der Waals surface area contributed by atoms with Gasteiger partial charge in [-0.25, -0.2) is 22.7 Å². The molecule has 1 aliphatic rings. The highest BCUT2D eigenvalue weighted by atomic mass is 32.2. The summed E-state index contributed by atoms with van der Waals surface area (Å²) in [5, 5.41) is 6.67. The van der Waals surface area contributed by atoms with Crippen LogP contribution in [0.4, 0.5) is 0 Å². The van der Waals surface area contributed by atoms with Crippen LogP contribution in [0.25, 0.3) is 11.3 Å². The van der Waals surface area contributed by atoms with Crippen LogP contribution in [0.2, 0.25) is 0 Å². The molecule has 0 spiro atoms.